The molecule has 0 spiro atoms. The number of aromatic carboxylic acids is 1. The predicted molar refractivity (Wildman–Crippen MR) is 65.2 cm³/mol. The van der Waals surface area contributed by atoms with Gasteiger partial charge >= 0.3 is 5.97 Å². The number of nitrogens with zero attached hydrogens (tertiary/aromatic N) is 1. The maximum absolute atomic E-state index is 11.8. The molecule has 0 aliphatic heterocycles. The third kappa shape index (κ3) is 3.73. The molecule has 1 rings (SSSR count). The fourth-order valence-electron chi connectivity index (χ4n) is 1.28. The van der Waals surface area contributed by atoms with E-state index in [-0.39, 0.29) is 10.8 Å². The summed E-state index contributed by atoms with van der Waals surface area (Å²) in [4.78, 5) is 14.3. The summed E-state index contributed by atoms with van der Waals surface area (Å²) in [5, 5.41) is 18.2. The first-order valence-electron chi connectivity index (χ1n) is 5.23. The zero-order valence-corrected chi connectivity index (χ0v) is 11.3. The van der Waals surface area contributed by atoms with Gasteiger partial charge in [0.1, 0.15) is 0 Å². The molecule has 0 aromatic carbocycles. The summed E-state index contributed by atoms with van der Waals surface area (Å²) in [6.45, 7) is 1.72. The second-order valence-corrected chi connectivity index (χ2v) is 6.40. The van der Waals surface area contributed by atoms with E-state index < -0.39 is 27.8 Å². The molecule has 18 heavy (non-hydrogen) atoms. The van der Waals surface area contributed by atoms with Crippen LogP contribution in [0.2, 0.25) is 0 Å². The number of carboxylic acid groups (broad SMARTS) is 1. The van der Waals surface area contributed by atoms with Crippen molar-refractivity contribution in [2.24, 2.45) is 0 Å². The molecule has 0 aliphatic rings. The summed E-state index contributed by atoms with van der Waals surface area (Å²) in [5.74, 6) is -1.40. The molecule has 0 amide bonds. The summed E-state index contributed by atoms with van der Waals surface area (Å²) < 4.78 is 25.4. The lowest BCUT2D eigenvalue weighted by Crippen LogP contribution is -2.32. The SMILES string of the molecule is CCCC(O)CNS(=O)(=O)c1scnc1C(=O)O. The van der Waals surface area contributed by atoms with Gasteiger partial charge in [-0.15, -0.1) is 11.3 Å². The van der Waals surface area contributed by atoms with Crippen LogP contribution in [-0.4, -0.2) is 42.2 Å². The number of hydrogen-bond donors (Lipinski definition) is 3. The van der Waals surface area contributed by atoms with Crippen LogP contribution in [0.25, 0.3) is 0 Å². The summed E-state index contributed by atoms with van der Waals surface area (Å²) in [5.41, 5.74) is 0.651. The highest BCUT2D eigenvalue weighted by molar-refractivity contribution is 7.91. The second kappa shape index (κ2) is 6.23. The lowest BCUT2D eigenvalue weighted by Gasteiger charge is -2.10. The van der Waals surface area contributed by atoms with Gasteiger partial charge in [-0.2, -0.15) is 0 Å². The minimum Gasteiger partial charge on any atom is -0.476 e. The largest absolute Gasteiger partial charge is 0.476 e. The number of carboxylic acids is 1. The first-order chi connectivity index (χ1) is 8.38. The number of hydrogen-bond acceptors (Lipinski definition) is 6. The molecule has 7 nitrogen and oxygen atoms in total. The lowest BCUT2D eigenvalue weighted by atomic mass is 10.2. The minimum atomic E-state index is -3.94. The van der Waals surface area contributed by atoms with Gasteiger partial charge in [-0.1, -0.05) is 13.3 Å². The van der Waals surface area contributed by atoms with Crippen LogP contribution in [0, 0.1) is 0 Å². The van der Waals surface area contributed by atoms with E-state index in [0.29, 0.717) is 6.42 Å². The minimum absolute atomic E-state index is 0.146. The van der Waals surface area contributed by atoms with E-state index >= 15 is 0 Å². The molecule has 0 bridgehead atoms. The molecule has 0 radical (unpaired) electrons. The Morgan fingerprint density at radius 2 is 2.28 bits per heavy atom. The van der Waals surface area contributed by atoms with Crippen LogP contribution in [0.3, 0.4) is 0 Å². The van der Waals surface area contributed by atoms with E-state index in [1.54, 1.807) is 0 Å². The van der Waals surface area contributed by atoms with Crippen LogP contribution < -0.4 is 4.72 Å². The van der Waals surface area contributed by atoms with Crippen molar-refractivity contribution in [3.63, 3.8) is 0 Å². The van der Waals surface area contributed by atoms with E-state index in [0.717, 1.165) is 23.3 Å². The Hall–Kier alpha value is -1.03. The monoisotopic (exact) mass is 294 g/mol. The quantitative estimate of drug-likeness (QED) is 0.665. The number of carbonyl (C=O) groups is 1. The van der Waals surface area contributed by atoms with E-state index in [4.69, 9.17) is 5.11 Å². The zero-order chi connectivity index (χ0) is 13.8. The van der Waals surface area contributed by atoms with Gasteiger partial charge < -0.3 is 10.2 Å². The van der Waals surface area contributed by atoms with Crippen LogP contribution in [0.15, 0.2) is 9.72 Å². The van der Waals surface area contributed by atoms with Crippen LogP contribution in [-0.2, 0) is 10.0 Å². The fourth-order valence-corrected chi connectivity index (χ4v) is 3.53. The van der Waals surface area contributed by atoms with Crippen molar-refractivity contribution in [1.29, 1.82) is 0 Å². The van der Waals surface area contributed by atoms with Crippen LogP contribution in [0.5, 0.6) is 0 Å². The van der Waals surface area contributed by atoms with Gasteiger partial charge in [0.2, 0.25) is 0 Å². The molecular formula is C9H14N2O5S2. The number of sulfonamides is 1. The van der Waals surface area contributed by atoms with Crippen molar-refractivity contribution in [3.05, 3.63) is 11.2 Å². The number of thiazole rings is 1. The van der Waals surface area contributed by atoms with Crippen molar-refractivity contribution in [3.8, 4) is 0 Å². The van der Waals surface area contributed by atoms with Gasteiger partial charge in [0.25, 0.3) is 10.0 Å². The van der Waals surface area contributed by atoms with Gasteiger partial charge in [0.15, 0.2) is 9.90 Å². The van der Waals surface area contributed by atoms with E-state index in [1.807, 2.05) is 6.92 Å². The average Bonchev–Trinajstić information content (AvgIpc) is 2.76. The molecule has 0 aliphatic carbocycles. The van der Waals surface area contributed by atoms with Gasteiger partial charge in [0, 0.05) is 6.54 Å². The Labute approximate surface area is 109 Å². The maximum Gasteiger partial charge on any atom is 0.356 e. The molecule has 9 heteroatoms. The molecule has 1 atom stereocenters. The number of aromatic nitrogens is 1. The molecular weight excluding hydrogens is 280 g/mol. The molecule has 0 saturated heterocycles. The summed E-state index contributed by atoms with van der Waals surface area (Å²) in [6, 6.07) is 0. The first kappa shape index (κ1) is 15.0. The Kier molecular flexibility index (Phi) is 5.20. The first-order valence-corrected chi connectivity index (χ1v) is 7.59. The summed E-state index contributed by atoms with van der Waals surface area (Å²) >= 11 is 0.726. The van der Waals surface area contributed by atoms with Crippen molar-refractivity contribution in [2.75, 3.05) is 6.54 Å². The number of aliphatic hydroxyl groups is 1. The molecule has 0 saturated carbocycles. The van der Waals surface area contributed by atoms with Gasteiger partial charge in [-0.3, -0.25) is 0 Å². The third-order valence-electron chi connectivity index (χ3n) is 2.11. The summed E-state index contributed by atoms with van der Waals surface area (Å²) in [7, 11) is -3.94. The second-order valence-electron chi connectivity index (χ2n) is 3.59. The Morgan fingerprint density at radius 3 is 2.83 bits per heavy atom. The fraction of sp³-hybridized carbons (Fsp3) is 0.556. The topological polar surface area (TPSA) is 117 Å². The Bertz CT molecular complexity index is 511. The van der Waals surface area contributed by atoms with Crippen molar-refractivity contribution >= 4 is 27.3 Å². The smallest absolute Gasteiger partial charge is 0.356 e. The molecule has 3 N–H and O–H groups in total. The van der Waals surface area contributed by atoms with E-state index in [2.05, 4.69) is 9.71 Å². The van der Waals surface area contributed by atoms with Crippen LogP contribution >= 0.6 is 11.3 Å². The standard InChI is InChI=1S/C9H14N2O5S2/c1-2-3-6(12)4-11-18(15,16)9-7(8(13)14)10-5-17-9/h5-6,11-12H,2-4H2,1H3,(H,13,14). The van der Waals surface area contributed by atoms with Crippen molar-refractivity contribution < 1.29 is 23.4 Å². The Morgan fingerprint density at radius 1 is 1.61 bits per heavy atom. The average molecular weight is 294 g/mol. The van der Waals surface area contributed by atoms with Crippen LogP contribution in [0.4, 0.5) is 0 Å². The third-order valence-corrected chi connectivity index (χ3v) is 4.91. The molecule has 1 aromatic heterocycles. The predicted octanol–water partition coefficient (Wildman–Crippen LogP) is 0.281. The molecule has 102 valence electrons. The van der Waals surface area contributed by atoms with Gasteiger partial charge in [0.05, 0.1) is 11.6 Å². The normalized spacial score (nSPS) is 13.4. The van der Waals surface area contributed by atoms with Gasteiger partial charge in [-0.25, -0.2) is 22.9 Å². The molecule has 1 heterocycles. The van der Waals surface area contributed by atoms with E-state index in [1.165, 1.54) is 0 Å². The lowest BCUT2D eigenvalue weighted by molar-refractivity contribution is 0.0687. The number of rotatable bonds is 7. The molecule has 1 aromatic rings. The Balaban J connectivity index is 2.80. The summed E-state index contributed by atoms with van der Waals surface area (Å²) in [6.07, 6.45) is 0.409. The van der Waals surface area contributed by atoms with Gasteiger partial charge in [-0.05, 0) is 6.42 Å². The number of nitrogens with one attached hydrogen (secondary N) is 1. The maximum atomic E-state index is 11.8. The van der Waals surface area contributed by atoms with Crippen molar-refractivity contribution in [2.45, 2.75) is 30.1 Å². The zero-order valence-electron chi connectivity index (χ0n) is 9.66. The van der Waals surface area contributed by atoms with E-state index in [9.17, 15) is 18.3 Å². The van der Waals surface area contributed by atoms with Crippen LogP contribution in [0.1, 0.15) is 30.3 Å². The highest BCUT2D eigenvalue weighted by Crippen LogP contribution is 2.19. The molecule has 0 fully saturated rings. The van der Waals surface area contributed by atoms with Crippen molar-refractivity contribution in [1.82, 2.24) is 9.71 Å². The highest BCUT2D eigenvalue weighted by atomic mass is 32.2. The number of aliphatic hydroxyl groups excluding tert-OH is 1. The molecule has 1 unspecified atom stereocenters. The highest BCUT2D eigenvalue weighted by Gasteiger charge is 2.25.